The average molecular weight is 418 g/mol. The molecular weight excluding hydrogens is 401 g/mol. The number of H-pyrrole nitrogens is 1. The predicted molar refractivity (Wildman–Crippen MR) is 108 cm³/mol. The first-order chi connectivity index (χ1) is 13.5. The van der Waals surface area contributed by atoms with Crippen LogP contribution in [0.2, 0.25) is 10.0 Å². The number of carbonyl (C=O) groups excluding carboxylic acids is 1. The van der Waals surface area contributed by atoms with Crippen molar-refractivity contribution in [2.45, 2.75) is 12.5 Å². The summed E-state index contributed by atoms with van der Waals surface area (Å²) in [5, 5.41) is 4.12. The molecule has 0 aliphatic carbocycles. The van der Waals surface area contributed by atoms with Crippen molar-refractivity contribution in [3.05, 3.63) is 92.6 Å². The maximum atomic E-state index is 12.1. The number of hydrogen-bond donors (Lipinski definition) is 2. The molecule has 1 aliphatic heterocycles. The highest BCUT2D eigenvalue weighted by atomic mass is 35.5. The maximum absolute atomic E-state index is 12.1. The molecule has 0 radical (unpaired) electrons. The van der Waals surface area contributed by atoms with Crippen LogP contribution >= 0.6 is 23.2 Å². The van der Waals surface area contributed by atoms with Gasteiger partial charge in [-0.25, -0.2) is 0 Å². The molecule has 8 heteroatoms. The summed E-state index contributed by atoms with van der Waals surface area (Å²) in [5.74, 6) is 0.454. The van der Waals surface area contributed by atoms with Gasteiger partial charge in [0.1, 0.15) is 11.4 Å². The lowest BCUT2D eigenvalue weighted by atomic mass is 10.1. The molecule has 144 valence electrons. The van der Waals surface area contributed by atoms with Gasteiger partial charge in [0.2, 0.25) is 5.56 Å². The van der Waals surface area contributed by atoms with Crippen LogP contribution in [-0.4, -0.2) is 22.5 Å². The van der Waals surface area contributed by atoms with E-state index in [0.29, 0.717) is 34.4 Å². The van der Waals surface area contributed by atoms with E-state index >= 15 is 0 Å². The third kappa shape index (κ3) is 5.12. The molecule has 0 saturated carbocycles. The normalized spacial score (nSPS) is 14.7. The van der Waals surface area contributed by atoms with Gasteiger partial charge in [-0.1, -0.05) is 35.3 Å². The van der Waals surface area contributed by atoms with E-state index in [2.05, 4.69) is 15.3 Å². The zero-order valence-electron chi connectivity index (χ0n) is 14.7. The smallest absolute Gasteiger partial charge is 0.253 e. The lowest BCUT2D eigenvalue weighted by molar-refractivity contribution is 0.0922. The van der Waals surface area contributed by atoms with Gasteiger partial charge in [0.15, 0.2) is 0 Å². The Balaban J connectivity index is 0.000000236. The molecule has 3 heterocycles. The number of aromatic amines is 1. The molecule has 1 atom stereocenters. The highest BCUT2D eigenvalue weighted by Gasteiger charge is 2.24. The van der Waals surface area contributed by atoms with Crippen LogP contribution in [0.1, 0.15) is 28.5 Å². The Bertz CT molecular complexity index is 982. The first kappa shape index (κ1) is 19.9. The quantitative estimate of drug-likeness (QED) is 0.659. The maximum Gasteiger partial charge on any atom is 0.253 e. The Morgan fingerprint density at radius 1 is 1.11 bits per heavy atom. The number of hydrogen-bond acceptors (Lipinski definition) is 4. The first-order valence-electron chi connectivity index (χ1n) is 8.52. The van der Waals surface area contributed by atoms with Crippen molar-refractivity contribution in [2.24, 2.45) is 0 Å². The molecule has 0 saturated heterocycles. The van der Waals surface area contributed by atoms with Gasteiger partial charge in [0, 0.05) is 24.9 Å². The fraction of sp³-hybridized carbons (Fsp3) is 0.150. The van der Waals surface area contributed by atoms with Crippen LogP contribution in [0, 0.1) is 0 Å². The summed E-state index contributed by atoms with van der Waals surface area (Å²) in [4.78, 5) is 29.9. The summed E-state index contributed by atoms with van der Waals surface area (Å²) in [6, 6.07) is 13.5. The molecule has 2 aromatic heterocycles. The second-order valence-corrected chi connectivity index (χ2v) is 6.72. The van der Waals surface area contributed by atoms with E-state index < -0.39 is 0 Å². The Morgan fingerprint density at radius 2 is 1.86 bits per heavy atom. The highest BCUT2D eigenvalue weighted by molar-refractivity contribution is 6.41. The third-order valence-electron chi connectivity index (χ3n) is 3.97. The molecule has 6 nitrogen and oxygen atoms in total. The van der Waals surface area contributed by atoms with Crippen LogP contribution in [0.25, 0.3) is 0 Å². The van der Waals surface area contributed by atoms with Crippen LogP contribution in [-0.2, 0) is 0 Å². The number of nitrogens with one attached hydrogen (secondary N) is 2. The third-order valence-corrected chi connectivity index (χ3v) is 4.73. The van der Waals surface area contributed by atoms with Gasteiger partial charge in [0.25, 0.3) is 5.91 Å². The highest BCUT2D eigenvalue weighted by Crippen LogP contribution is 2.29. The number of rotatable bonds is 2. The van der Waals surface area contributed by atoms with E-state index in [1.807, 2.05) is 18.2 Å². The molecule has 1 amide bonds. The van der Waals surface area contributed by atoms with Crippen molar-refractivity contribution >= 4 is 29.1 Å². The van der Waals surface area contributed by atoms with E-state index in [0.717, 1.165) is 5.69 Å². The summed E-state index contributed by atoms with van der Waals surface area (Å²) >= 11 is 11.2. The van der Waals surface area contributed by atoms with Crippen molar-refractivity contribution in [2.75, 3.05) is 6.61 Å². The number of carbonyl (C=O) groups is 1. The van der Waals surface area contributed by atoms with Gasteiger partial charge in [-0.3, -0.25) is 14.6 Å². The number of benzene rings is 1. The SMILES string of the molecule is Clc1ccccc1Cl.O=C(NC1CCOc2cccnc21)c1ccc(=O)[nH]c1. The molecule has 3 aromatic rings. The zero-order chi connectivity index (χ0) is 19.9. The number of aromatic nitrogens is 2. The van der Waals surface area contributed by atoms with E-state index in [1.165, 1.54) is 18.3 Å². The number of halogens is 2. The average Bonchev–Trinajstić information content (AvgIpc) is 2.71. The van der Waals surface area contributed by atoms with Gasteiger partial charge in [0.05, 0.1) is 28.3 Å². The topological polar surface area (TPSA) is 84.1 Å². The number of amides is 1. The number of nitrogens with zero attached hydrogens (tertiary/aromatic N) is 1. The summed E-state index contributed by atoms with van der Waals surface area (Å²) < 4.78 is 5.50. The second-order valence-electron chi connectivity index (χ2n) is 5.91. The molecule has 4 rings (SSSR count). The van der Waals surface area contributed by atoms with Crippen LogP contribution in [0.15, 0.2) is 65.7 Å². The molecule has 0 fully saturated rings. The van der Waals surface area contributed by atoms with Crippen molar-refractivity contribution in [1.29, 1.82) is 0 Å². The number of pyridine rings is 2. The van der Waals surface area contributed by atoms with Crippen molar-refractivity contribution in [1.82, 2.24) is 15.3 Å². The molecule has 0 spiro atoms. The fourth-order valence-electron chi connectivity index (χ4n) is 2.58. The fourth-order valence-corrected chi connectivity index (χ4v) is 2.85. The Labute approximate surface area is 171 Å². The minimum atomic E-state index is -0.246. The monoisotopic (exact) mass is 417 g/mol. The lowest BCUT2D eigenvalue weighted by Gasteiger charge is -2.25. The zero-order valence-corrected chi connectivity index (χ0v) is 16.2. The summed E-state index contributed by atoms with van der Waals surface area (Å²) in [7, 11) is 0. The molecule has 1 aromatic carbocycles. The van der Waals surface area contributed by atoms with Crippen LogP contribution in [0.5, 0.6) is 5.75 Å². The molecule has 28 heavy (non-hydrogen) atoms. The Morgan fingerprint density at radius 3 is 2.50 bits per heavy atom. The van der Waals surface area contributed by atoms with E-state index in [1.54, 1.807) is 24.4 Å². The number of fused-ring (bicyclic) bond motifs is 1. The van der Waals surface area contributed by atoms with Gasteiger partial charge in [-0.2, -0.15) is 0 Å². The van der Waals surface area contributed by atoms with Gasteiger partial charge in [-0.05, 0) is 30.3 Å². The second kappa shape index (κ2) is 9.39. The number of ether oxygens (including phenoxy) is 1. The minimum Gasteiger partial charge on any atom is -0.491 e. The summed E-state index contributed by atoms with van der Waals surface area (Å²) in [6.07, 6.45) is 3.74. The Hall–Kier alpha value is -2.83. The minimum absolute atomic E-state index is 0.181. The van der Waals surface area contributed by atoms with Gasteiger partial charge in [-0.15, -0.1) is 0 Å². The van der Waals surface area contributed by atoms with Crippen molar-refractivity contribution in [3.8, 4) is 5.75 Å². The van der Waals surface area contributed by atoms with Crippen molar-refractivity contribution in [3.63, 3.8) is 0 Å². The predicted octanol–water partition coefficient (Wildman–Crippen LogP) is 4.02. The molecule has 0 bridgehead atoms. The summed E-state index contributed by atoms with van der Waals surface area (Å²) in [6.45, 7) is 0.537. The van der Waals surface area contributed by atoms with Crippen LogP contribution < -0.4 is 15.6 Å². The van der Waals surface area contributed by atoms with Crippen molar-refractivity contribution < 1.29 is 9.53 Å². The first-order valence-corrected chi connectivity index (χ1v) is 9.27. The molecular formula is C20H17Cl2N3O3. The van der Waals surface area contributed by atoms with Crippen LogP contribution in [0.3, 0.4) is 0 Å². The standard InChI is InChI=1S/C14H13N3O3.C6H4Cl2/c18-12-4-3-9(8-16-12)14(19)17-10-5-7-20-11-2-1-6-15-13(10)11;7-5-3-1-2-4-6(5)8/h1-4,6,8,10H,5,7H2,(H,16,18)(H,17,19);1-4H. The van der Waals surface area contributed by atoms with Crippen LogP contribution in [0.4, 0.5) is 0 Å². The molecule has 1 aliphatic rings. The van der Waals surface area contributed by atoms with E-state index in [-0.39, 0.29) is 17.5 Å². The van der Waals surface area contributed by atoms with Gasteiger partial charge >= 0.3 is 0 Å². The molecule has 1 unspecified atom stereocenters. The van der Waals surface area contributed by atoms with Gasteiger partial charge < -0.3 is 15.0 Å². The van der Waals surface area contributed by atoms with E-state index in [9.17, 15) is 9.59 Å². The van der Waals surface area contributed by atoms with E-state index in [4.69, 9.17) is 27.9 Å². The summed E-state index contributed by atoms with van der Waals surface area (Å²) in [5.41, 5.74) is 0.907. The molecule has 2 N–H and O–H groups in total. The lowest BCUT2D eigenvalue weighted by Crippen LogP contribution is -2.33. The largest absolute Gasteiger partial charge is 0.491 e. The Kier molecular flexibility index (Phi) is 6.68.